The topological polar surface area (TPSA) is 55.2 Å². The van der Waals surface area contributed by atoms with Gasteiger partial charge in [-0.3, -0.25) is 9.69 Å². The molecule has 2 aliphatic heterocycles. The van der Waals surface area contributed by atoms with Crippen LogP contribution < -0.4 is 9.47 Å². The van der Waals surface area contributed by atoms with Crippen LogP contribution >= 0.6 is 0 Å². The summed E-state index contributed by atoms with van der Waals surface area (Å²) in [5.41, 5.74) is 1.20. The number of amides is 1. The maximum Gasteiger partial charge on any atom is 0.289 e. The van der Waals surface area contributed by atoms with Gasteiger partial charge in [-0.05, 0) is 29.8 Å². The number of piperazine rings is 1. The van der Waals surface area contributed by atoms with E-state index >= 15 is 0 Å². The van der Waals surface area contributed by atoms with Gasteiger partial charge in [0.15, 0.2) is 17.3 Å². The number of ether oxygens (including phenoxy) is 2. The van der Waals surface area contributed by atoms with Crippen molar-refractivity contribution in [2.75, 3.05) is 39.4 Å². The molecule has 1 amide bonds. The molecule has 24 heavy (non-hydrogen) atoms. The van der Waals surface area contributed by atoms with Crippen molar-refractivity contribution in [3.05, 3.63) is 47.9 Å². The zero-order chi connectivity index (χ0) is 16.4. The lowest BCUT2D eigenvalue weighted by atomic mass is 10.1. The van der Waals surface area contributed by atoms with E-state index in [1.54, 1.807) is 12.1 Å². The van der Waals surface area contributed by atoms with Crippen LogP contribution in [0.1, 0.15) is 16.1 Å². The van der Waals surface area contributed by atoms with Crippen molar-refractivity contribution in [1.29, 1.82) is 0 Å². The molecule has 3 heterocycles. The van der Waals surface area contributed by atoms with E-state index in [9.17, 15) is 4.79 Å². The minimum absolute atomic E-state index is 0.0287. The Hall–Kier alpha value is -2.47. The third kappa shape index (κ3) is 3.10. The monoisotopic (exact) mass is 328 g/mol. The normalized spacial score (nSPS) is 17.8. The predicted octanol–water partition coefficient (Wildman–Crippen LogP) is 2.01. The zero-order valence-electron chi connectivity index (χ0n) is 13.4. The number of hydrogen-bond donors (Lipinski definition) is 0. The molecule has 0 unspecified atom stereocenters. The van der Waals surface area contributed by atoms with Crippen molar-refractivity contribution in [2.45, 2.75) is 6.54 Å². The Morgan fingerprint density at radius 3 is 2.54 bits per heavy atom. The lowest BCUT2D eigenvalue weighted by Crippen LogP contribution is -2.48. The molecule has 0 aliphatic carbocycles. The highest BCUT2D eigenvalue weighted by molar-refractivity contribution is 5.91. The fraction of sp³-hybridized carbons (Fsp3) is 0.389. The standard InChI is InChI=1S/C18H20N2O4/c21-18(16-2-1-9-22-16)20-7-5-19(6-8-20)13-14-3-4-15-17(12-14)24-11-10-23-15/h1-4,9,12H,5-8,10-11,13H2. The first-order valence-electron chi connectivity index (χ1n) is 8.23. The molecule has 6 nitrogen and oxygen atoms in total. The largest absolute Gasteiger partial charge is 0.486 e. The number of carbonyl (C=O) groups is 1. The summed E-state index contributed by atoms with van der Waals surface area (Å²) in [7, 11) is 0. The van der Waals surface area contributed by atoms with Crippen LogP contribution in [0.25, 0.3) is 0 Å². The van der Waals surface area contributed by atoms with Crippen molar-refractivity contribution in [3.8, 4) is 11.5 Å². The second kappa shape index (κ2) is 6.57. The van der Waals surface area contributed by atoms with Crippen LogP contribution in [0.4, 0.5) is 0 Å². The third-order valence-electron chi connectivity index (χ3n) is 4.40. The summed E-state index contributed by atoms with van der Waals surface area (Å²) >= 11 is 0. The molecule has 0 saturated carbocycles. The smallest absolute Gasteiger partial charge is 0.289 e. The Kier molecular flexibility index (Phi) is 4.13. The number of hydrogen-bond acceptors (Lipinski definition) is 5. The maximum atomic E-state index is 12.3. The van der Waals surface area contributed by atoms with E-state index in [0.29, 0.717) is 32.1 Å². The Labute approximate surface area is 140 Å². The molecule has 126 valence electrons. The summed E-state index contributed by atoms with van der Waals surface area (Å²) in [6, 6.07) is 9.55. The van der Waals surface area contributed by atoms with E-state index in [-0.39, 0.29) is 5.91 Å². The van der Waals surface area contributed by atoms with Gasteiger partial charge in [-0.25, -0.2) is 0 Å². The van der Waals surface area contributed by atoms with Crippen molar-refractivity contribution >= 4 is 5.91 Å². The fourth-order valence-corrected chi connectivity index (χ4v) is 3.11. The second-order valence-corrected chi connectivity index (χ2v) is 6.02. The summed E-state index contributed by atoms with van der Waals surface area (Å²) < 4.78 is 16.4. The summed E-state index contributed by atoms with van der Waals surface area (Å²) in [6.07, 6.45) is 1.53. The molecule has 0 N–H and O–H groups in total. The van der Waals surface area contributed by atoms with E-state index in [0.717, 1.165) is 31.1 Å². The Morgan fingerprint density at radius 1 is 1.00 bits per heavy atom. The quantitative estimate of drug-likeness (QED) is 0.863. The number of benzene rings is 1. The van der Waals surface area contributed by atoms with Gasteiger partial charge in [-0.15, -0.1) is 0 Å². The van der Waals surface area contributed by atoms with Crippen LogP contribution in [-0.4, -0.2) is 55.1 Å². The first kappa shape index (κ1) is 15.1. The first-order valence-corrected chi connectivity index (χ1v) is 8.23. The van der Waals surface area contributed by atoms with Crippen LogP contribution in [0, 0.1) is 0 Å². The number of nitrogens with zero attached hydrogens (tertiary/aromatic N) is 2. The summed E-state index contributed by atoms with van der Waals surface area (Å²) in [5.74, 6) is 2.03. The van der Waals surface area contributed by atoms with Gasteiger partial charge in [0.25, 0.3) is 5.91 Å². The zero-order valence-corrected chi connectivity index (χ0v) is 13.4. The molecular weight excluding hydrogens is 308 g/mol. The highest BCUT2D eigenvalue weighted by Gasteiger charge is 2.24. The molecule has 0 atom stereocenters. The second-order valence-electron chi connectivity index (χ2n) is 6.02. The van der Waals surface area contributed by atoms with Crippen LogP contribution in [-0.2, 0) is 6.54 Å². The molecule has 6 heteroatoms. The van der Waals surface area contributed by atoms with Crippen molar-refractivity contribution in [3.63, 3.8) is 0 Å². The Balaban J connectivity index is 1.34. The number of carbonyl (C=O) groups excluding carboxylic acids is 1. The molecule has 2 aromatic rings. The minimum Gasteiger partial charge on any atom is -0.486 e. The van der Waals surface area contributed by atoms with Gasteiger partial charge in [-0.2, -0.15) is 0 Å². The SMILES string of the molecule is O=C(c1ccco1)N1CCN(Cc2ccc3c(c2)OCCO3)CC1. The molecular formula is C18H20N2O4. The fourth-order valence-electron chi connectivity index (χ4n) is 3.11. The van der Waals surface area contributed by atoms with E-state index in [1.165, 1.54) is 11.8 Å². The van der Waals surface area contributed by atoms with Crippen LogP contribution in [0.5, 0.6) is 11.5 Å². The number of furan rings is 1. The van der Waals surface area contributed by atoms with E-state index in [1.807, 2.05) is 11.0 Å². The van der Waals surface area contributed by atoms with Gasteiger partial charge in [-0.1, -0.05) is 6.07 Å². The van der Waals surface area contributed by atoms with Crippen LogP contribution in [0.2, 0.25) is 0 Å². The van der Waals surface area contributed by atoms with E-state index in [2.05, 4.69) is 17.0 Å². The van der Waals surface area contributed by atoms with Gasteiger partial charge >= 0.3 is 0 Å². The molecule has 1 fully saturated rings. The lowest BCUT2D eigenvalue weighted by molar-refractivity contribution is 0.0597. The average Bonchev–Trinajstić information content (AvgIpc) is 3.16. The molecule has 4 rings (SSSR count). The van der Waals surface area contributed by atoms with E-state index < -0.39 is 0 Å². The van der Waals surface area contributed by atoms with Gasteiger partial charge in [0, 0.05) is 32.7 Å². The maximum absolute atomic E-state index is 12.3. The van der Waals surface area contributed by atoms with Crippen LogP contribution in [0.15, 0.2) is 41.0 Å². The van der Waals surface area contributed by atoms with Gasteiger partial charge in [0.2, 0.25) is 0 Å². The van der Waals surface area contributed by atoms with Crippen LogP contribution in [0.3, 0.4) is 0 Å². The number of fused-ring (bicyclic) bond motifs is 1. The van der Waals surface area contributed by atoms with Crippen molar-refractivity contribution in [2.24, 2.45) is 0 Å². The highest BCUT2D eigenvalue weighted by atomic mass is 16.6. The summed E-state index contributed by atoms with van der Waals surface area (Å²) in [5, 5.41) is 0. The third-order valence-corrected chi connectivity index (χ3v) is 4.40. The first-order chi connectivity index (χ1) is 11.8. The van der Waals surface area contributed by atoms with Gasteiger partial charge < -0.3 is 18.8 Å². The van der Waals surface area contributed by atoms with Crippen molar-refractivity contribution in [1.82, 2.24) is 9.80 Å². The minimum atomic E-state index is -0.0287. The Bertz CT molecular complexity index is 706. The molecule has 0 radical (unpaired) electrons. The summed E-state index contributed by atoms with van der Waals surface area (Å²) in [6.45, 7) is 5.18. The predicted molar refractivity (Wildman–Crippen MR) is 87.3 cm³/mol. The molecule has 1 aromatic carbocycles. The highest BCUT2D eigenvalue weighted by Crippen LogP contribution is 2.31. The average molecular weight is 328 g/mol. The molecule has 0 spiro atoms. The van der Waals surface area contributed by atoms with E-state index in [4.69, 9.17) is 13.9 Å². The van der Waals surface area contributed by atoms with Gasteiger partial charge in [0.1, 0.15) is 13.2 Å². The Morgan fingerprint density at radius 2 is 1.79 bits per heavy atom. The number of rotatable bonds is 3. The molecule has 1 saturated heterocycles. The molecule has 1 aromatic heterocycles. The summed E-state index contributed by atoms with van der Waals surface area (Å²) in [4.78, 5) is 16.5. The van der Waals surface area contributed by atoms with Gasteiger partial charge in [0.05, 0.1) is 6.26 Å². The molecule has 0 bridgehead atoms. The van der Waals surface area contributed by atoms with Crippen molar-refractivity contribution < 1.29 is 18.7 Å². The lowest BCUT2D eigenvalue weighted by Gasteiger charge is -2.34. The molecule has 2 aliphatic rings.